The maximum atomic E-state index is 6.43. The highest BCUT2D eigenvalue weighted by atomic mass is 32.1. The lowest BCUT2D eigenvalue weighted by atomic mass is 10.0. The van der Waals surface area contributed by atoms with E-state index in [2.05, 4.69) is 155 Å². The molecule has 3 N–H and O–H groups in total. The molecule has 0 aliphatic heterocycles. The summed E-state index contributed by atoms with van der Waals surface area (Å²) in [5.41, 5.74) is 7.90. The van der Waals surface area contributed by atoms with Gasteiger partial charge in [-0.05, 0) is 53.6 Å². The molecule has 10 rings (SSSR count). The van der Waals surface area contributed by atoms with Crippen molar-refractivity contribution in [1.29, 1.82) is 0 Å². The Labute approximate surface area is 309 Å². The predicted octanol–water partition coefficient (Wildman–Crippen LogP) is 12.3. The number of para-hydroxylation sites is 2. The van der Waals surface area contributed by atoms with Gasteiger partial charge in [-0.25, -0.2) is 0 Å². The fourth-order valence-corrected chi connectivity index (χ4v) is 10.2. The second kappa shape index (κ2) is 13.0. The van der Waals surface area contributed by atoms with E-state index >= 15 is 0 Å². The van der Waals surface area contributed by atoms with E-state index in [-0.39, 0.29) is 12.3 Å². The molecular formula is C46H35N3OS2. The van der Waals surface area contributed by atoms with Gasteiger partial charge in [-0.3, -0.25) is 10.6 Å². The minimum absolute atomic E-state index is 0.128. The van der Waals surface area contributed by atoms with Crippen molar-refractivity contribution in [3.63, 3.8) is 0 Å². The van der Waals surface area contributed by atoms with Crippen molar-refractivity contribution in [3.05, 3.63) is 168 Å². The molecule has 3 aromatic heterocycles. The Balaban J connectivity index is 0.988. The number of rotatable bonds is 9. The Bertz CT molecular complexity index is 2900. The van der Waals surface area contributed by atoms with Crippen LogP contribution in [0.25, 0.3) is 73.4 Å². The van der Waals surface area contributed by atoms with E-state index in [1.54, 1.807) is 0 Å². The lowest BCUT2D eigenvalue weighted by molar-refractivity contribution is 0.353. The van der Waals surface area contributed by atoms with Crippen LogP contribution in [0.1, 0.15) is 29.0 Å². The Morgan fingerprint density at radius 1 is 0.558 bits per heavy atom. The average molecular weight is 710 g/mol. The van der Waals surface area contributed by atoms with Gasteiger partial charge in [-0.1, -0.05) is 127 Å². The van der Waals surface area contributed by atoms with Crippen LogP contribution in [-0.2, 0) is 6.54 Å². The third kappa shape index (κ3) is 5.31. The molecule has 10 aromatic rings. The lowest BCUT2D eigenvalue weighted by Gasteiger charge is -2.27. The van der Waals surface area contributed by atoms with Crippen LogP contribution in [0.5, 0.6) is 0 Å². The van der Waals surface area contributed by atoms with Gasteiger partial charge in [0.05, 0.1) is 12.3 Å². The molecule has 0 radical (unpaired) electrons. The second-order valence-electron chi connectivity index (χ2n) is 13.3. The number of hydrogen-bond donors (Lipinski definition) is 3. The zero-order chi connectivity index (χ0) is 34.6. The second-order valence-corrected chi connectivity index (χ2v) is 15.4. The van der Waals surface area contributed by atoms with Crippen molar-refractivity contribution in [1.82, 2.24) is 16.0 Å². The Morgan fingerprint density at radius 3 is 2.13 bits per heavy atom. The van der Waals surface area contributed by atoms with Gasteiger partial charge in [-0.2, -0.15) is 0 Å². The molecular weight excluding hydrogens is 675 g/mol. The van der Waals surface area contributed by atoms with E-state index in [4.69, 9.17) is 4.42 Å². The van der Waals surface area contributed by atoms with Crippen LogP contribution >= 0.6 is 22.7 Å². The largest absolute Gasteiger partial charge is 0.456 e. The number of fused-ring (bicyclic) bond motifs is 9. The maximum absolute atomic E-state index is 6.43. The van der Waals surface area contributed by atoms with Crippen LogP contribution in [0, 0.1) is 0 Å². The highest BCUT2D eigenvalue weighted by molar-refractivity contribution is 7.26. The van der Waals surface area contributed by atoms with Gasteiger partial charge in [0, 0.05) is 63.2 Å². The average Bonchev–Trinajstić information content (AvgIpc) is 3.90. The molecule has 0 saturated heterocycles. The van der Waals surface area contributed by atoms with Gasteiger partial charge in [-0.15, -0.1) is 22.7 Å². The molecule has 52 heavy (non-hydrogen) atoms. The molecule has 0 saturated carbocycles. The summed E-state index contributed by atoms with van der Waals surface area (Å²) in [6.07, 6.45) is -0.290. The summed E-state index contributed by atoms with van der Waals surface area (Å²) in [6.45, 7) is 0.704. The van der Waals surface area contributed by atoms with Gasteiger partial charge in [0.2, 0.25) is 0 Å². The van der Waals surface area contributed by atoms with Crippen molar-refractivity contribution in [2.24, 2.45) is 0 Å². The van der Waals surface area contributed by atoms with E-state index < -0.39 is 0 Å². The SMILES string of the molecule is CNC(NC(NCc1cccc2c1sc1ccc(-c3cccc4c3sc3ccccc34)cc12)c1ccccc1)c1cccc2c1oc1ccccc12. The predicted molar refractivity (Wildman–Crippen MR) is 222 cm³/mol. The fourth-order valence-electron chi connectivity index (χ4n) is 7.76. The minimum atomic E-state index is -0.161. The molecule has 2 atom stereocenters. The summed E-state index contributed by atoms with van der Waals surface area (Å²) < 4.78 is 11.7. The number of nitrogens with one attached hydrogen (secondary N) is 3. The fraction of sp³-hybridized carbons (Fsp3) is 0.0870. The van der Waals surface area contributed by atoms with E-state index in [9.17, 15) is 0 Å². The normalized spacial score (nSPS) is 13.2. The summed E-state index contributed by atoms with van der Waals surface area (Å²) in [6, 6.07) is 54.5. The van der Waals surface area contributed by atoms with Gasteiger partial charge in [0.15, 0.2) is 0 Å². The topological polar surface area (TPSA) is 49.2 Å². The smallest absolute Gasteiger partial charge is 0.141 e. The van der Waals surface area contributed by atoms with Crippen molar-refractivity contribution in [2.45, 2.75) is 18.9 Å². The molecule has 0 aliphatic rings. The van der Waals surface area contributed by atoms with Crippen LogP contribution in [-0.4, -0.2) is 7.05 Å². The summed E-state index contributed by atoms with van der Waals surface area (Å²) in [5.74, 6) is 0. The summed E-state index contributed by atoms with van der Waals surface area (Å²) in [5, 5.41) is 18.8. The van der Waals surface area contributed by atoms with Crippen LogP contribution < -0.4 is 16.0 Å². The summed E-state index contributed by atoms with van der Waals surface area (Å²) in [4.78, 5) is 0. The van der Waals surface area contributed by atoms with Gasteiger partial charge in [0.1, 0.15) is 11.2 Å². The standard InChI is InChI=1S/C46H35N3OS2/c1-47-46(37-21-11-18-34-32-15-5-7-22-39(32)50-42(34)37)49-45(28-12-3-2-4-13-28)48-27-30-14-9-19-36-38-26-29(24-25-41(38)51-43(30)36)31-17-10-20-35-33-16-6-8-23-40(33)52-44(31)35/h2-26,45-49H,27H2,1H3. The Morgan fingerprint density at radius 2 is 1.25 bits per heavy atom. The van der Waals surface area contributed by atoms with Crippen molar-refractivity contribution in [3.8, 4) is 11.1 Å². The molecule has 6 heteroatoms. The maximum Gasteiger partial charge on any atom is 0.141 e. The molecule has 252 valence electrons. The summed E-state index contributed by atoms with van der Waals surface area (Å²) >= 11 is 3.77. The molecule has 0 amide bonds. The van der Waals surface area contributed by atoms with Crippen LogP contribution in [0.4, 0.5) is 0 Å². The van der Waals surface area contributed by atoms with Gasteiger partial charge >= 0.3 is 0 Å². The first kappa shape index (κ1) is 31.4. The molecule has 4 nitrogen and oxygen atoms in total. The minimum Gasteiger partial charge on any atom is -0.456 e. The molecule has 0 spiro atoms. The number of furan rings is 1. The Hall–Kier alpha value is -5.34. The number of hydrogen-bond acceptors (Lipinski definition) is 6. The number of thiophene rings is 2. The van der Waals surface area contributed by atoms with E-state index in [1.165, 1.54) is 62.6 Å². The molecule has 7 aromatic carbocycles. The zero-order valence-electron chi connectivity index (χ0n) is 28.5. The molecule has 0 bridgehead atoms. The third-order valence-corrected chi connectivity index (χ3v) is 12.8. The zero-order valence-corrected chi connectivity index (χ0v) is 30.2. The molecule has 0 aliphatic carbocycles. The highest BCUT2D eigenvalue weighted by Gasteiger charge is 2.22. The third-order valence-electron chi connectivity index (χ3n) is 10.3. The first-order valence-corrected chi connectivity index (χ1v) is 19.3. The van der Waals surface area contributed by atoms with Crippen molar-refractivity contribution < 1.29 is 4.42 Å². The highest BCUT2D eigenvalue weighted by Crippen LogP contribution is 2.43. The molecule has 3 heterocycles. The first-order chi connectivity index (χ1) is 25.7. The van der Waals surface area contributed by atoms with E-state index in [0.29, 0.717) is 6.54 Å². The number of benzene rings is 7. The van der Waals surface area contributed by atoms with Gasteiger partial charge in [0.25, 0.3) is 0 Å². The Kier molecular flexibility index (Phi) is 7.86. The van der Waals surface area contributed by atoms with Crippen molar-refractivity contribution in [2.75, 3.05) is 7.05 Å². The van der Waals surface area contributed by atoms with Crippen LogP contribution in [0.15, 0.2) is 156 Å². The van der Waals surface area contributed by atoms with E-state index in [1.807, 2.05) is 41.9 Å². The molecule has 0 fully saturated rings. The quantitative estimate of drug-likeness (QED) is 0.131. The molecule has 2 unspecified atom stereocenters. The van der Waals surface area contributed by atoms with Crippen LogP contribution in [0.3, 0.4) is 0 Å². The summed E-state index contributed by atoms with van der Waals surface area (Å²) in [7, 11) is 1.99. The van der Waals surface area contributed by atoms with Crippen molar-refractivity contribution >= 4 is 85.0 Å². The monoisotopic (exact) mass is 709 g/mol. The van der Waals surface area contributed by atoms with Gasteiger partial charge < -0.3 is 9.73 Å². The lowest BCUT2D eigenvalue weighted by Crippen LogP contribution is -2.41. The van der Waals surface area contributed by atoms with Crippen LogP contribution in [0.2, 0.25) is 0 Å². The van der Waals surface area contributed by atoms with E-state index in [0.717, 1.165) is 27.5 Å². The first-order valence-electron chi connectivity index (χ1n) is 17.7.